The number of hydrogen-bond donors (Lipinski definition) is 0. The van der Waals surface area contributed by atoms with Crippen LogP contribution in [-0.4, -0.2) is 37.0 Å². The number of rotatable bonds is 2. The lowest BCUT2D eigenvalue weighted by atomic mass is 10.2. The average molecular weight is 199 g/mol. The van der Waals surface area contributed by atoms with Crippen LogP contribution in [0.1, 0.15) is 27.2 Å². The van der Waals surface area contributed by atoms with Gasteiger partial charge in [0, 0.05) is 12.1 Å². The van der Waals surface area contributed by atoms with Crippen LogP contribution in [0, 0.1) is 0 Å². The quantitative estimate of drug-likeness (QED) is 0.628. The Labute approximate surface area is 84.3 Å². The molecule has 0 aromatic rings. The summed E-state index contributed by atoms with van der Waals surface area (Å²) >= 11 is 0. The van der Waals surface area contributed by atoms with Crippen molar-refractivity contribution in [3.8, 4) is 0 Å². The molecule has 0 saturated carbocycles. The molecule has 0 atom stereocenters. The van der Waals surface area contributed by atoms with Gasteiger partial charge in [-0.15, -0.1) is 0 Å². The molecule has 0 aliphatic carbocycles. The molecule has 1 fully saturated rings. The molecule has 1 aliphatic heterocycles. The van der Waals surface area contributed by atoms with E-state index in [9.17, 15) is 4.79 Å². The Morgan fingerprint density at radius 3 is 2.79 bits per heavy atom. The summed E-state index contributed by atoms with van der Waals surface area (Å²) in [5.41, 5.74) is 0.527. The van der Waals surface area contributed by atoms with E-state index in [1.165, 1.54) is 0 Å². The van der Waals surface area contributed by atoms with Crippen LogP contribution < -0.4 is 0 Å². The largest absolute Gasteiger partial charge is 0.459 e. The van der Waals surface area contributed by atoms with Crippen molar-refractivity contribution >= 4 is 11.7 Å². The lowest BCUT2D eigenvalue weighted by Crippen LogP contribution is -2.25. The van der Waals surface area contributed by atoms with E-state index in [0.29, 0.717) is 13.2 Å². The average Bonchev–Trinajstić information content (AvgIpc) is 2.49. The van der Waals surface area contributed by atoms with Gasteiger partial charge in [0.15, 0.2) is 0 Å². The number of hydrogen-bond acceptors (Lipinski definition) is 4. The van der Waals surface area contributed by atoms with Crippen LogP contribution in [-0.2, 0) is 14.3 Å². The SMILES string of the molecule is CC(C)(C)OC(=O)CN=C1CCOC1. The number of nitrogens with zero attached hydrogens (tertiary/aromatic N) is 1. The van der Waals surface area contributed by atoms with Crippen molar-refractivity contribution in [1.82, 2.24) is 0 Å². The lowest BCUT2D eigenvalue weighted by molar-refractivity contribution is -0.152. The van der Waals surface area contributed by atoms with E-state index >= 15 is 0 Å². The monoisotopic (exact) mass is 199 g/mol. The fraction of sp³-hybridized carbons (Fsp3) is 0.800. The van der Waals surface area contributed by atoms with Crippen molar-refractivity contribution < 1.29 is 14.3 Å². The lowest BCUT2D eigenvalue weighted by Gasteiger charge is -2.18. The Hall–Kier alpha value is -0.900. The van der Waals surface area contributed by atoms with Gasteiger partial charge in [0.1, 0.15) is 12.1 Å². The molecule has 0 spiro atoms. The highest BCUT2D eigenvalue weighted by atomic mass is 16.6. The first-order valence-electron chi connectivity index (χ1n) is 4.79. The second-order valence-electron chi connectivity index (χ2n) is 4.27. The summed E-state index contributed by atoms with van der Waals surface area (Å²) in [5, 5.41) is 0. The number of esters is 1. The molecule has 1 rings (SSSR count). The number of ether oxygens (including phenoxy) is 2. The van der Waals surface area contributed by atoms with Crippen LogP contribution in [0.15, 0.2) is 4.99 Å². The van der Waals surface area contributed by atoms with E-state index in [4.69, 9.17) is 9.47 Å². The molecule has 0 aromatic carbocycles. The van der Waals surface area contributed by atoms with Crippen LogP contribution in [0.2, 0.25) is 0 Å². The van der Waals surface area contributed by atoms with Crippen molar-refractivity contribution in [2.45, 2.75) is 32.8 Å². The summed E-state index contributed by atoms with van der Waals surface area (Å²) in [7, 11) is 0. The van der Waals surface area contributed by atoms with Crippen LogP contribution in [0.5, 0.6) is 0 Å². The third kappa shape index (κ3) is 4.37. The van der Waals surface area contributed by atoms with Gasteiger partial charge in [0.05, 0.1) is 13.2 Å². The smallest absolute Gasteiger partial charge is 0.328 e. The van der Waals surface area contributed by atoms with Gasteiger partial charge in [-0.1, -0.05) is 0 Å². The van der Waals surface area contributed by atoms with Crippen molar-refractivity contribution in [3.63, 3.8) is 0 Å². The maximum Gasteiger partial charge on any atom is 0.328 e. The second-order valence-corrected chi connectivity index (χ2v) is 4.27. The predicted octanol–water partition coefficient (Wildman–Crippen LogP) is 1.19. The molecule has 1 saturated heterocycles. The number of aliphatic imine (C=N–C) groups is 1. The summed E-state index contributed by atoms with van der Waals surface area (Å²) in [6, 6.07) is 0. The van der Waals surface area contributed by atoms with E-state index in [-0.39, 0.29) is 12.5 Å². The van der Waals surface area contributed by atoms with E-state index in [0.717, 1.165) is 12.1 Å². The van der Waals surface area contributed by atoms with Gasteiger partial charge in [0.25, 0.3) is 0 Å². The maximum atomic E-state index is 11.2. The van der Waals surface area contributed by atoms with Gasteiger partial charge in [-0.3, -0.25) is 9.79 Å². The molecule has 0 radical (unpaired) electrons. The van der Waals surface area contributed by atoms with Gasteiger partial charge in [0.2, 0.25) is 0 Å². The molecule has 1 aliphatic rings. The molecule has 14 heavy (non-hydrogen) atoms. The highest BCUT2D eigenvalue weighted by Gasteiger charge is 2.16. The van der Waals surface area contributed by atoms with E-state index < -0.39 is 5.60 Å². The molecule has 4 heteroatoms. The third-order valence-electron chi connectivity index (χ3n) is 1.66. The third-order valence-corrected chi connectivity index (χ3v) is 1.66. The molecule has 0 N–H and O–H groups in total. The zero-order valence-electron chi connectivity index (χ0n) is 9.00. The van der Waals surface area contributed by atoms with Gasteiger partial charge >= 0.3 is 5.97 Å². The molecule has 80 valence electrons. The normalized spacial score (nSPS) is 20.1. The van der Waals surface area contributed by atoms with E-state index in [1.54, 1.807) is 0 Å². The maximum absolute atomic E-state index is 11.2. The molecular weight excluding hydrogens is 182 g/mol. The minimum atomic E-state index is -0.427. The second kappa shape index (κ2) is 4.55. The Kier molecular flexibility index (Phi) is 3.63. The zero-order chi connectivity index (χ0) is 10.6. The fourth-order valence-electron chi connectivity index (χ4n) is 1.13. The molecule has 1 heterocycles. The first kappa shape index (κ1) is 11.2. The van der Waals surface area contributed by atoms with Crippen molar-refractivity contribution in [3.05, 3.63) is 0 Å². The Balaban J connectivity index is 2.30. The molecule has 0 aromatic heterocycles. The van der Waals surface area contributed by atoms with Crippen molar-refractivity contribution in [1.29, 1.82) is 0 Å². The minimum Gasteiger partial charge on any atom is -0.459 e. The van der Waals surface area contributed by atoms with Crippen molar-refractivity contribution in [2.75, 3.05) is 19.8 Å². The first-order valence-corrected chi connectivity index (χ1v) is 4.79. The highest BCUT2D eigenvalue weighted by Crippen LogP contribution is 2.07. The van der Waals surface area contributed by atoms with Gasteiger partial charge in [-0.05, 0) is 20.8 Å². The highest BCUT2D eigenvalue weighted by molar-refractivity contribution is 5.88. The fourth-order valence-corrected chi connectivity index (χ4v) is 1.13. The summed E-state index contributed by atoms with van der Waals surface area (Å²) < 4.78 is 10.2. The summed E-state index contributed by atoms with van der Waals surface area (Å²) in [6.45, 7) is 6.91. The predicted molar refractivity (Wildman–Crippen MR) is 53.6 cm³/mol. The minimum absolute atomic E-state index is 0.107. The van der Waals surface area contributed by atoms with Crippen LogP contribution in [0.3, 0.4) is 0 Å². The first-order chi connectivity index (χ1) is 6.47. The van der Waals surface area contributed by atoms with E-state index in [1.807, 2.05) is 20.8 Å². The molecular formula is C10H17NO3. The summed E-state index contributed by atoms with van der Waals surface area (Å²) in [6.07, 6.45) is 0.836. The number of carbonyl (C=O) groups excluding carboxylic acids is 1. The summed E-state index contributed by atoms with van der Waals surface area (Å²) in [4.78, 5) is 15.4. The van der Waals surface area contributed by atoms with Crippen LogP contribution in [0.4, 0.5) is 0 Å². The van der Waals surface area contributed by atoms with Gasteiger partial charge < -0.3 is 9.47 Å². The standard InChI is InChI=1S/C10H17NO3/c1-10(2,3)14-9(12)6-11-8-4-5-13-7-8/h4-7H2,1-3H3. The zero-order valence-corrected chi connectivity index (χ0v) is 9.00. The van der Waals surface area contributed by atoms with Gasteiger partial charge in [-0.25, -0.2) is 0 Å². The van der Waals surface area contributed by atoms with Crippen LogP contribution >= 0.6 is 0 Å². The number of carbonyl (C=O) groups is 1. The topological polar surface area (TPSA) is 47.9 Å². The molecule has 0 bridgehead atoms. The Morgan fingerprint density at radius 2 is 2.29 bits per heavy atom. The van der Waals surface area contributed by atoms with E-state index in [2.05, 4.69) is 4.99 Å². The Bertz CT molecular complexity index is 232. The molecule has 4 nitrogen and oxygen atoms in total. The Morgan fingerprint density at radius 1 is 1.57 bits per heavy atom. The van der Waals surface area contributed by atoms with Gasteiger partial charge in [-0.2, -0.15) is 0 Å². The van der Waals surface area contributed by atoms with Crippen molar-refractivity contribution in [2.24, 2.45) is 4.99 Å². The molecule has 0 unspecified atom stereocenters. The summed E-state index contributed by atoms with van der Waals surface area (Å²) in [5.74, 6) is -0.281. The molecule has 0 amide bonds. The van der Waals surface area contributed by atoms with Crippen LogP contribution in [0.25, 0.3) is 0 Å².